The maximum absolute atomic E-state index is 14.2. The first-order valence-corrected chi connectivity index (χ1v) is 23.0. The van der Waals surface area contributed by atoms with Crippen LogP contribution in [0.2, 0.25) is 18.1 Å². The molecule has 0 bridgehead atoms. The van der Waals surface area contributed by atoms with E-state index in [-0.39, 0.29) is 48.0 Å². The maximum Gasteiger partial charge on any atom is 0.338 e. The predicted molar refractivity (Wildman–Crippen MR) is 218 cm³/mol. The molecule has 2 heterocycles. The van der Waals surface area contributed by atoms with Crippen molar-refractivity contribution in [1.82, 2.24) is 4.90 Å². The van der Waals surface area contributed by atoms with Crippen molar-refractivity contribution in [1.29, 1.82) is 0 Å². The quantitative estimate of drug-likeness (QED) is 0.201. The van der Waals surface area contributed by atoms with Gasteiger partial charge >= 0.3 is 11.9 Å². The number of hydrogen-bond acceptors (Lipinski definition) is 12. The van der Waals surface area contributed by atoms with Gasteiger partial charge in [-0.25, -0.2) is 4.79 Å². The van der Waals surface area contributed by atoms with Crippen molar-refractivity contribution in [2.45, 2.75) is 161 Å². The summed E-state index contributed by atoms with van der Waals surface area (Å²) in [5, 5.41) is 24.2. The Morgan fingerprint density at radius 3 is 2.21 bits per heavy atom. The van der Waals surface area contributed by atoms with E-state index >= 15 is 0 Å². The second-order valence-electron chi connectivity index (χ2n) is 18.2. The number of ketones is 1. The van der Waals surface area contributed by atoms with Crippen LogP contribution < -0.4 is 0 Å². The van der Waals surface area contributed by atoms with E-state index in [0.717, 1.165) is 0 Å². The molecule has 318 valence electrons. The molecule has 0 amide bonds. The Morgan fingerprint density at radius 2 is 1.68 bits per heavy atom. The number of likely N-dealkylation sites (N-methyl/N-ethyl adjacent to an activating group) is 1. The number of methoxy groups -OCH3 is 1. The number of rotatable bonds is 10. The summed E-state index contributed by atoms with van der Waals surface area (Å²) in [7, 11) is 2.92. The van der Waals surface area contributed by atoms with E-state index in [9.17, 15) is 24.6 Å². The third-order valence-corrected chi connectivity index (χ3v) is 16.9. The fraction of sp³-hybridized carbons (Fsp3) is 0.744. The lowest BCUT2D eigenvalue weighted by Gasteiger charge is -2.48. The molecule has 0 radical (unpaired) electrons. The maximum atomic E-state index is 14.2. The Labute approximate surface area is 336 Å². The summed E-state index contributed by atoms with van der Waals surface area (Å²) in [4.78, 5) is 43.7. The minimum absolute atomic E-state index is 0.137. The predicted octanol–water partition coefficient (Wildman–Crippen LogP) is 6.33. The topological polar surface area (TPSA) is 150 Å². The lowest BCUT2D eigenvalue weighted by molar-refractivity contribution is -0.300. The number of ether oxygens (including phenoxy) is 5. The van der Waals surface area contributed by atoms with Crippen molar-refractivity contribution in [3.05, 3.63) is 47.5 Å². The van der Waals surface area contributed by atoms with Crippen LogP contribution in [0.25, 0.3) is 0 Å². The third-order valence-electron chi connectivity index (χ3n) is 12.4. The number of esters is 2. The molecule has 12 nitrogen and oxygen atoms in total. The van der Waals surface area contributed by atoms with Gasteiger partial charge in [0, 0.05) is 18.9 Å². The van der Waals surface area contributed by atoms with E-state index in [2.05, 4.69) is 33.9 Å². The van der Waals surface area contributed by atoms with Gasteiger partial charge in [0.25, 0.3) is 0 Å². The molecule has 0 unspecified atom stereocenters. The van der Waals surface area contributed by atoms with Crippen LogP contribution in [0.3, 0.4) is 0 Å². The standard InChI is InChI=1S/C43H71NO11Si/c1-16-33-43(49,25-51-56(14,15)41(7,8)9)24-27(3)34(45)26(2)23-42(10,50-13)37(29(5)35(46)30(6)38(47)53-33)55-40-36(32(44(11)12)22-28(4)52-40)54-39(48)31-20-18-17-19-21-31/h17-21,24,26,28-30,32-33,35-37,40,46,49H,16,22-23,25H2,1-15H3/b27-24+/t26-,28-,29+,30-,32+,33-,35+,36-,37-,40+,42+,43-/m1/s1. The molecule has 1 saturated heterocycles. The second kappa shape index (κ2) is 19.1. The average Bonchev–Trinajstić information content (AvgIpc) is 3.13. The molecule has 1 aromatic rings. The molecule has 1 fully saturated rings. The highest BCUT2D eigenvalue weighted by atomic mass is 28.4. The molecule has 13 heteroatoms. The van der Waals surface area contributed by atoms with Crippen LogP contribution in [0.1, 0.15) is 98.9 Å². The van der Waals surface area contributed by atoms with Gasteiger partial charge < -0.3 is 43.2 Å². The van der Waals surface area contributed by atoms with E-state index in [0.29, 0.717) is 12.0 Å². The Morgan fingerprint density at radius 1 is 1.07 bits per heavy atom. The molecule has 2 N–H and O–H groups in total. The Balaban J connectivity index is 2.14. The van der Waals surface area contributed by atoms with E-state index < -0.39 is 79.9 Å². The summed E-state index contributed by atoms with van der Waals surface area (Å²) in [6.45, 7) is 22.5. The third kappa shape index (κ3) is 11.2. The smallest absolute Gasteiger partial charge is 0.338 e. The monoisotopic (exact) mass is 805 g/mol. The first-order valence-electron chi connectivity index (χ1n) is 20.1. The highest BCUT2D eigenvalue weighted by Crippen LogP contribution is 2.40. The number of Topliss-reactive ketones (excluding diaryl/α,β-unsaturated/α-hetero) is 1. The minimum atomic E-state index is -2.39. The lowest BCUT2D eigenvalue weighted by Crippen LogP contribution is -2.60. The summed E-state index contributed by atoms with van der Waals surface area (Å²) >= 11 is 0. The molecular formula is C43H71NO11Si. The summed E-state index contributed by atoms with van der Waals surface area (Å²) < 4.78 is 38.3. The highest BCUT2D eigenvalue weighted by molar-refractivity contribution is 6.74. The van der Waals surface area contributed by atoms with Crippen LogP contribution in [0.5, 0.6) is 0 Å². The first-order chi connectivity index (χ1) is 25.8. The molecule has 0 aliphatic carbocycles. The zero-order valence-electron chi connectivity index (χ0n) is 36.6. The number of cyclic esters (lactones) is 1. The van der Waals surface area contributed by atoms with Crippen molar-refractivity contribution < 1.29 is 52.7 Å². The number of allylic oxidation sites excluding steroid dienone is 1. The number of aliphatic hydroxyl groups is 2. The zero-order chi connectivity index (χ0) is 42.6. The zero-order valence-corrected chi connectivity index (χ0v) is 37.6. The molecule has 2 aliphatic rings. The normalized spacial score (nSPS) is 36.6. The van der Waals surface area contributed by atoms with Gasteiger partial charge in [0.15, 0.2) is 26.5 Å². The largest absolute Gasteiger partial charge is 0.459 e. The Kier molecular flexibility index (Phi) is 16.3. The van der Waals surface area contributed by atoms with Crippen LogP contribution in [0.4, 0.5) is 0 Å². The van der Waals surface area contributed by atoms with Gasteiger partial charge in [0.1, 0.15) is 11.7 Å². The molecule has 0 aromatic heterocycles. The molecule has 0 spiro atoms. The van der Waals surface area contributed by atoms with Crippen LogP contribution in [0.15, 0.2) is 42.0 Å². The van der Waals surface area contributed by atoms with E-state index in [1.165, 1.54) is 13.2 Å². The van der Waals surface area contributed by atoms with Crippen molar-refractivity contribution in [2.75, 3.05) is 27.8 Å². The number of nitrogens with zero attached hydrogens (tertiary/aromatic N) is 1. The number of carbonyl (C=O) groups is 3. The molecule has 1 aromatic carbocycles. The van der Waals surface area contributed by atoms with Crippen LogP contribution in [-0.4, -0.2) is 123 Å². The van der Waals surface area contributed by atoms with Crippen molar-refractivity contribution in [3.8, 4) is 0 Å². The van der Waals surface area contributed by atoms with E-state index in [1.54, 1.807) is 65.8 Å². The van der Waals surface area contributed by atoms with Crippen LogP contribution >= 0.6 is 0 Å². The van der Waals surface area contributed by atoms with Gasteiger partial charge in [-0.3, -0.25) is 9.59 Å². The number of hydrogen-bond donors (Lipinski definition) is 2. The van der Waals surface area contributed by atoms with Crippen molar-refractivity contribution in [3.63, 3.8) is 0 Å². The highest BCUT2D eigenvalue weighted by Gasteiger charge is 2.51. The van der Waals surface area contributed by atoms with Gasteiger partial charge in [-0.2, -0.15) is 0 Å². The van der Waals surface area contributed by atoms with Gasteiger partial charge in [0.05, 0.1) is 48.0 Å². The molecule has 3 rings (SSSR count). The van der Waals surface area contributed by atoms with Gasteiger partial charge in [-0.05, 0) is 103 Å². The minimum Gasteiger partial charge on any atom is -0.459 e. The van der Waals surface area contributed by atoms with Crippen LogP contribution in [-0.2, 0) is 37.7 Å². The molecule has 56 heavy (non-hydrogen) atoms. The SMILES string of the molecule is CC[C@H]1OC(=O)[C@H](C)[C@@H](O)[C@H](C)[C@@H](O[C@@H]2O[C@H](C)C[C@H](N(C)C)[C@H]2OC(=O)c2ccccc2)[C@@](C)(OC)C[C@@H](C)C(=O)/C(C)=C/[C@@]1(O)CO[Si](C)(C)C(C)(C)C. The van der Waals surface area contributed by atoms with E-state index in [4.69, 9.17) is 28.1 Å². The second-order valence-corrected chi connectivity index (χ2v) is 23.0. The summed E-state index contributed by atoms with van der Waals surface area (Å²) in [6, 6.07) is 8.38. The lowest BCUT2D eigenvalue weighted by atomic mass is 9.76. The fourth-order valence-corrected chi connectivity index (χ4v) is 8.68. The van der Waals surface area contributed by atoms with Crippen LogP contribution in [0, 0.1) is 17.8 Å². The van der Waals surface area contributed by atoms with Crippen molar-refractivity contribution >= 4 is 26.0 Å². The molecular weight excluding hydrogens is 735 g/mol. The first kappa shape index (κ1) is 47.9. The molecule has 2 aliphatic heterocycles. The molecule has 0 saturated carbocycles. The Bertz CT molecular complexity index is 1510. The summed E-state index contributed by atoms with van der Waals surface area (Å²) in [5.41, 5.74) is -2.42. The number of aliphatic hydroxyl groups excluding tert-OH is 1. The number of benzene rings is 1. The van der Waals surface area contributed by atoms with Gasteiger partial charge in [-0.15, -0.1) is 0 Å². The molecule has 12 atom stereocenters. The van der Waals surface area contributed by atoms with Gasteiger partial charge in [0.2, 0.25) is 0 Å². The average molecular weight is 806 g/mol. The van der Waals surface area contributed by atoms with Crippen molar-refractivity contribution in [2.24, 2.45) is 17.8 Å². The summed E-state index contributed by atoms with van der Waals surface area (Å²) in [5.74, 6) is -4.05. The fourth-order valence-electron chi connectivity index (χ4n) is 7.65. The van der Waals surface area contributed by atoms with E-state index in [1.807, 2.05) is 32.0 Å². The number of carbonyl (C=O) groups excluding carboxylic acids is 3. The summed E-state index contributed by atoms with van der Waals surface area (Å²) in [6.07, 6.45) is -3.33. The Hall–Kier alpha value is -2.49. The van der Waals surface area contributed by atoms with Gasteiger partial charge in [-0.1, -0.05) is 59.7 Å².